The molecule has 0 spiro atoms. The van der Waals surface area contributed by atoms with Crippen LogP contribution in [0.5, 0.6) is 0 Å². The summed E-state index contributed by atoms with van der Waals surface area (Å²) in [5.41, 5.74) is 5.84. The molecule has 4 nitrogen and oxygen atoms in total. The Balaban J connectivity index is 4.02. The Morgan fingerprint density at radius 2 is 2.00 bits per heavy atom. The van der Waals surface area contributed by atoms with Crippen LogP contribution in [0.3, 0.4) is 0 Å². The van der Waals surface area contributed by atoms with Crippen LogP contribution >= 0.6 is 0 Å². The van der Waals surface area contributed by atoms with Gasteiger partial charge in [-0.25, -0.2) is 0 Å². The van der Waals surface area contributed by atoms with Gasteiger partial charge in [-0.15, -0.1) is 0 Å². The van der Waals surface area contributed by atoms with Gasteiger partial charge in [-0.3, -0.25) is 4.79 Å². The Labute approximate surface area is 105 Å². The van der Waals surface area contributed by atoms with Gasteiger partial charge in [0.15, 0.2) is 0 Å². The van der Waals surface area contributed by atoms with Gasteiger partial charge in [-0.2, -0.15) is 0 Å². The van der Waals surface area contributed by atoms with E-state index in [9.17, 15) is 4.79 Å². The summed E-state index contributed by atoms with van der Waals surface area (Å²) in [6, 6.07) is -0.420. The number of aliphatic hydroxyl groups is 1. The topological polar surface area (TPSA) is 75.3 Å². The van der Waals surface area contributed by atoms with Gasteiger partial charge in [0, 0.05) is 13.2 Å². The van der Waals surface area contributed by atoms with E-state index in [0.29, 0.717) is 12.5 Å². The van der Waals surface area contributed by atoms with E-state index in [1.165, 1.54) is 0 Å². The van der Waals surface area contributed by atoms with E-state index in [0.717, 1.165) is 25.7 Å². The highest BCUT2D eigenvalue weighted by atomic mass is 16.3. The molecule has 1 amide bonds. The van der Waals surface area contributed by atoms with Crippen LogP contribution in [-0.4, -0.2) is 30.2 Å². The molecule has 0 aliphatic carbocycles. The molecule has 102 valence electrons. The van der Waals surface area contributed by atoms with Gasteiger partial charge in [0.25, 0.3) is 0 Å². The molecule has 0 aromatic heterocycles. The third kappa shape index (κ3) is 6.64. The van der Waals surface area contributed by atoms with Gasteiger partial charge < -0.3 is 16.2 Å². The largest absolute Gasteiger partial charge is 0.396 e. The molecule has 3 atom stereocenters. The number of rotatable bonds is 9. The number of nitrogens with two attached hydrogens (primary N) is 1. The number of hydrogen-bond acceptors (Lipinski definition) is 3. The van der Waals surface area contributed by atoms with Crippen LogP contribution in [0, 0.1) is 11.8 Å². The molecular formula is C13H28N2O2. The number of carbonyl (C=O) groups excluding carboxylic acids is 1. The average molecular weight is 244 g/mol. The number of hydrogen-bond donors (Lipinski definition) is 3. The summed E-state index contributed by atoms with van der Waals surface area (Å²) in [4.78, 5) is 11.8. The molecule has 0 aromatic rings. The Hall–Kier alpha value is -0.610. The van der Waals surface area contributed by atoms with Crippen molar-refractivity contribution in [3.05, 3.63) is 0 Å². The second kappa shape index (κ2) is 9.42. The van der Waals surface area contributed by atoms with Crippen molar-refractivity contribution in [2.45, 2.75) is 52.5 Å². The smallest absolute Gasteiger partial charge is 0.237 e. The second-order valence-electron chi connectivity index (χ2n) is 4.82. The molecule has 0 fully saturated rings. The fourth-order valence-electron chi connectivity index (χ4n) is 1.81. The summed E-state index contributed by atoms with van der Waals surface area (Å²) in [5, 5.41) is 11.8. The Kier molecular flexibility index (Phi) is 9.09. The highest BCUT2D eigenvalue weighted by Gasteiger charge is 2.19. The predicted octanol–water partition coefficient (Wildman–Crippen LogP) is 1.27. The van der Waals surface area contributed by atoms with Crippen LogP contribution in [0.15, 0.2) is 0 Å². The normalized spacial score (nSPS) is 16.3. The van der Waals surface area contributed by atoms with E-state index in [-0.39, 0.29) is 18.4 Å². The van der Waals surface area contributed by atoms with Crippen molar-refractivity contribution in [3.8, 4) is 0 Å². The van der Waals surface area contributed by atoms with E-state index in [4.69, 9.17) is 10.8 Å². The van der Waals surface area contributed by atoms with Crippen molar-refractivity contribution >= 4 is 5.91 Å². The van der Waals surface area contributed by atoms with Crippen molar-refractivity contribution in [2.24, 2.45) is 17.6 Å². The lowest BCUT2D eigenvalue weighted by Gasteiger charge is -2.20. The van der Waals surface area contributed by atoms with Crippen LogP contribution in [-0.2, 0) is 4.79 Å². The summed E-state index contributed by atoms with van der Waals surface area (Å²) >= 11 is 0. The fraction of sp³-hybridized carbons (Fsp3) is 0.923. The monoisotopic (exact) mass is 244 g/mol. The zero-order chi connectivity index (χ0) is 13.3. The van der Waals surface area contributed by atoms with Gasteiger partial charge >= 0.3 is 0 Å². The SMILES string of the molecule is CCCC(CCO)CNC(=O)[C@@H](N)[C@@H](C)CC. The van der Waals surface area contributed by atoms with Crippen LogP contribution in [0.1, 0.15) is 46.5 Å². The standard InChI is InChI=1S/C13H28N2O2/c1-4-6-11(7-8-16)9-15-13(17)12(14)10(3)5-2/h10-12,16H,4-9,14H2,1-3H3,(H,15,17)/t10-,11?,12-/m0/s1. The number of amides is 1. The van der Waals surface area contributed by atoms with Gasteiger partial charge in [0.2, 0.25) is 5.91 Å². The van der Waals surface area contributed by atoms with Crippen molar-refractivity contribution in [1.82, 2.24) is 5.32 Å². The average Bonchev–Trinajstić information content (AvgIpc) is 2.34. The summed E-state index contributed by atoms with van der Waals surface area (Å²) in [6.07, 6.45) is 3.74. The molecule has 4 N–H and O–H groups in total. The van der Waals surface area contributed by atoms with Crippen molar-refractivity contribution in [2.75, 3.05) is 13.2 Å². The first-order chi connectivity index (χ1) is 8.06. The maximum absolute atomic E-state index is 11.8. The first kappa shape index (κ1) is 16.4. The van der Waals surface area contributed by atoms with Crippen LogP contribution in [0.2, 0.25) is 0 Å². The van der Waals surface area contributed by atoms with E-state index in [2.05, 4.69) is 12.2 Å². The Morgan fingerprint density at radius 3 is 2.47 bits per heavy atom. The minimum Gasteiger partial charge on any atom is -0.396 e. The minimum atomic E-state index is -0.420. The van der Waals surface area contributed by atoms with E-state index in [1.54, 1.807) is 0 Å². The molecule has 0 saturated heterocycles. The molecule has 0 rings (SSSR count). The maximum atomic E-state index is 11.8. The second-order valence-corrected chi connectivity index (χ2v) is 4.82. The predicted molar refractivity (Wildman–Crippen MR) is 70.5 cm³/mol. The van der Waals surface area contributed by atoms with Gasteiger partial charge in [-0.1, -0.05) is 33.6 Å². The van der Waals surface area contributed by atoms with Gasteiger partial charge in [0.05, 0.1) is 6.04 Å². The molecule has 0 radical (unpaired) electrons. The molecule has 4 heteroatoms. The van der Waals surface area contributed by atoms with Crippen LogP contribution in [0.4, 0.5) is 0 Å². The number of nitrogens with one attached hydrogen (secondary N) is 1. The molecule has 1 unspecified atom stereocenters. The third-order valence-corrected chi connectivity index (χ3v) is 3.36. The summed E-state index contributed by atoms with van der Waals surface area (Å²) in [5.74, 6) is 0.494. The molecule has 0 aliphatic rings. The molecule has 17 heavy (non-hydrogen) atoms. The highest BCUT2D eigenvalue weighted by molar-refractivity contribution is 5.81. The van der Waals surface area contributed by atoms with Crippen molar-refractivity contribution in [1.29, 1.82) is 0 Å². The maximum Gasteiger partial charge on any atom is 0.237 e. The molecule has 0 heterocycles. The van der Waals surface area contributed by atoms with Crippen LogP contribution in [0.25, 0.3) is 0 Å². The molecule has 0 aromatic carbocycles. The lowest BCUT2D eigenvalue weighted by Crippen LogP contribution is -2.46. The first-order valence-electron chi connectivity index (χ1n) is 6.70. The molecule has 0 bridgehead atoms. The third-order valence-electron chi connectivity index (χ3n) is 3.36. The van der Waals surface area contributed by atoms with Crippen molar-refractivity contribution < 1.29 is 9.90 Å². The Bertz CT molecular complexity index is 204. The van der Waals surface area contributed by atoms with Crippen molar-refractivity contribution in [3.63, 3.8) is 0 Å². The first-order valence-corrected chi connectivity index (χ1v) is 6.70. The highest BCUT2D eigenvalue weighted by Crippen LogP contribution is 2.10. The number of carbonyl (C=O) groups is 1. The van der Waals surface area contributed by atoms with E-state index in [1.807, 2.05) is 13.8 Å². The van der Waals surface area contributed by atoms with E-state index >= 15 is 0 Å². The lowest BCUT2D eigenvalue weighted by molar-refractivity contribution is -0.123. The summed E-state index contributed by atoms with van der Waals surface area (Å²) in [7, 11) is 0. The molecular weight excluding hydrogens is 216 g/mol. The Morgan fingerprint density at radius 1 is 1.35 bits per heavy atom. The lowest BCUT2D eigenvalue weighted by atomic mass is 9.97. The summed E-state index contributed by atoms with van der Waals surface area (Å²) in [6.45, 7) is 6.93. The zero-order valence-corrected chi connectivity index (χ0v) is 11.4. The van der Waals surface area contributed by atoms with Crippen LogP contribution < -0.4 is 11.1 Å². The minimum absolute atomic E-state index is 0.0709. The zero-order valence-electron chi connectivity index (χ0n) is 11.4. The number of aliphatic hydroxyl groups excluding tert-OH is 1. The van der Waals surface area contributed by atoms with Gasteiger partial charge in [-0.05, 0) is 24.7 Å². The quantitative estimate of drug-likeness (QED) is 0.572. The van der Waals surface area contributed by atoms with E-state index < -0.39 is 6.04 Å². The summed E-state index contributed by atoms with van der Waals surface area (Å²) < 4.78 is 0. The van der Waals surface area contributed by atoms with Gasteiger partial charge in [0.1, 0.15) is 0 Å². The molecule has 0 saturated carbocycles. The molecule has 0 aliphatic heterocycles. The fourth-order valence-corrected chi connectivity index (χ4v) is 1.81.